The Balaban J connectivity index is 2.69. The lowest BCUT2D eigenvalue weighted by Crippen LogP contribution is -2.02. The highest BCUT2D eigenvalue weighted by molar-refractivity contribution is 5.15. The van der Waals surface area contributed by atoms with Crippen molar-refractivity contribution in [1.82, 2.24) is 0 Å². The summed E-state index contributed by atoms with van der Waals surface area (Å²) in [6.07, 6.45) is 2.61. The van der Waals surface area contributed by atoms with E-state index in [1.165, 1.54) is 5.56 Å². The van der Waals surface area contributed by atoms with Crippen LogP contribution >= 0.6 is 0 Å². The van der Waals surface area contributed by atoms with Crippen molar-refractivity contribution in [3.63, 3.8) is 0 Å². The van der Waals surface area contributed by atoms with E-state index in [-0.39, 0.29) is 0 Å². The molecule has 2 nitrogen and oxygen atoms in total. The average Bonchev–Trinajstić information content (AvgIpc) is 2.18. The maximum Gasteiger partial charge on any atom is 0.103 e. The van der Waals surface area contributed by atoms with E-state index >= 15 is 0 Å². The number of nitrogens with two attached hydrogens (primary N) is 1. The first-order valence-electron chi connectivity index (χ1n) is 3.07. The maximum absolute atomic E-state index is 5.35. The molecular formula is C7H11NO. The van der Waals surface area contributed by atoms with Crippen LogP contribution in [0, 0.1) is 6.92 Å². The van der Waals surface area contributed by atoms with Crippen LogP contribution in [0.4, 0.5) is 0 Å². The van der Waals surface area contributed by atoms with Crippen LogP contribution in [0.1, 0.15) is 11.3 Å². The summed E-state index contributed by atoms with van der Waals surface area (Å²) in [5, 5.41) is 0. The van der Waals surface area contributed by atoms with Crippen LogP contribution in [0.5, 0.6) is 0 Å². The molecule has 2 heteroatoms. The van der Waals surface area contributed by atoms with E-state index in [1.54, 1.807) is 6.26 Å². The van der Waals surface area contributed by atoms with Crippen molar-refractivity contribution < 1.29 is 4.42 Å². The Morgan fingerprint density at radius 3 is 2.89 bits per heavy atom. The second-order valence-electron chi connectivity index (χ2n) is 2.04. The molecule has 0 radical (unpaired) electrons. The van der Waals surface area contributed by atoms with E-state index in [4.69, 9.17) is 10.2 Å². The first-order chi connectivity index (χ1) is 4.34. The highest BCUT2D eigenvalue weighted by Gasteiger charge is 1.97. The molecule has 0 fully saturated rings. The smallest absolute Gasteiger partial charge is 0.103 e. The summed E-state index contributed by atoms with van der Waals surface area (Å²) in [6.45, 7) is 2.64. The lowest BCUT2D eigenvalue weighted by Gasteiger charge is -1.91. The minimum absolute atomic E-state index is 0.695. The molecule has 9 heavy (non-hydrogen) atoms. The van der Waals surface area contributed by atoms with Gasteiger partial charge in [0.25, 0.3) is 0 Å². The molecule has 0 aliphatic carbocycles. The van der Waals surface area contributed by atoms with Crippen LogP contribution in [0.25, 0.3) is 0 Å². The Bertz CT molecular complexity index is 181. The van der Waals surface area contributed by atoms with E-state index < -0.39 is 0 Å². The van der Waals surface area contributed by atoms with Crippen molar-refractivity contribution >= 4 is 0 Å². The van der Waals surface area contributed by atoms with E-state index in [0.29, 0.717) is 6.54 Å². The van der Waals surface area contributed by atoms with E-state index in [1.807, 2.05) is 13.0 Å². The second-order valence-corrected chi connectivity index (χ2v) is 2.04. The standard InChI is InChI=1S/C7H11NO/c1-6-7(2-4-8)3-5-9-6/h3,5H,2,4,8H2,1H3. The van der Waals surface area contributed by atoms with Gasteiger partial charge in [-0.2, -0.15) is 0 Å². The summed E-state index contributed by atoms with van der Waals surface area (Å²) in [7, 11) is 0. The minimum Gasteiger partial charge on any atom is -0.469 e. The Morgan fingerprint density at radius 1 is 1.67 bits per heavy atom. The molecule has 0 saturated heterocycles. The number of aryl methyl sites for hydroxylation is 1. The van der Waals surface area contributed by atoms with E-state index in [2.05, 4.69) is 0 Å². The average molecular weight is 125 g/mol. The molecule has 1 heterocycles. The molecular weight excluding hydrogens is 114 g/mol. The van der Waals surface area contributed by atoms with Crippen molar-refractivity contribution in [2.45, 2.75) is 13.3 Å². The molecule has 0 amide bonds. The number of furan rings is 1. The molecule has 0 unspecified atom stereocenters. The molecule has 1 aromatic heterocycles. The highest BCUT2D eigenvalue weighted by atomic mass is 16.3. The zero-order chi connectivity index (χ0) is 6.69. The van der Waals surface area contributed by atoms with Gasteiger partial charge in [-0.3, -0.25) is 0 Å². The fourth-order valence-corrected chi connectivity index (χ4v) is 0.826. The Labute approximate surface area is 54.7 Å². The van der Waals surface area contributed by atoms with Gasteiger partial charge in [0.2, 0.25) is 0 Å². The van der Waals surface area contributed by atoms with E-state index in [0.717, 1.165) is 12.2 Å². The van der Waals surface area contributed by atoms with Gasteiger partial charge in [0.15, 0.2) is 0 Å². The van der Waals surface area contributed by atoms with Crippen LogP contribution in [0.15, 0.2) is 16.7 Å². The molecule has 0 aromatic carbocycles. The van der Waals surface area contributed by atoms with Crippen molar-refractivity contribution in [2.75, 3.05) is 6.54 Å². The predicted molar refractivity (Wildman–Crippen MR) is 36.2 cm³/mol. The van der Waals surface area contributed by atoms with Crippen molar-refractivity contribution in [2.24, 2.45) is 5.73 Å². The fraction of sp³-hybridized carbons (Fsp3) is 0.429. The zero-order valence-electron chi connectivity index (χ0n) is 5.55. The van der Waals surface area contributed by atoms with E-state index in [9.17, 15) is 0 Å². The van der Waals surface area contributed by atoms with Crippen molar-refractivity contribution in [3.8, 4) is 0 Å². The summed E-state index contributed by atoms with van der Waals surface area (Å²) in [5.41, 5.74) is 6.57. The van der Waals surface area contributed by atoms with Gasteiger partial charge in [-0.05, 0) is 31.5 Å². The third kappa shape index (κ3) is 1.33. The minimum atomic E-state index is 0.695. The Kier molecular flexibility index (Phi) is 1.90. The molecule has 0 aliphatic heterocycles. The summed E-state index contributed by atoms with van der Waals surface area (Å²) >= 11 is 0. The first-order valence-corrected chi connectivity index (χ1v) is 3.07. The van der Waals surface area contributed by atoms with Gasteiger partial charge >= 0.3 is 0 Å². The number of rotatable bonds is 2. The quantitative estimate of drug-likeness (QED) is 0.642. The summed E-state index contributed by atoms with van der Waals surface area (Å²) in [4.78, 5) is 0. The molecule has 2 N–H and O–H groups in total. The van der Waals surface area contributed by atoms with Crippen molar-refractivity contribution in [1.29, 1.82) is 0 Å². The van der Waals surface area contributed by atoms with Crippen LogP contribution in [0.2, 0.25) is 0 Å². The molecule has 0 saturated carbocycles. The second kappa shape index (κ2) is 2.69. The van der Waals surface area contributed by atoms with Crippen molar-refractivity contribution in [3.05, 3.63) is 23.7 Å². The third-order valence-electron chi connectivity index (χ3n) is 1.38. The molecule has 0 bridgehead atoms. The van der Waals surface area contributed by atoms with Crippen LogP contribution in [-0.2, 0) is 6.42 Å². The molecule has 0 atom stereocenters. The SMILES string of the molecule is Cc1occc1CCN. The van der Waals surface area contributed by atoms with Gasteiger partial charge in [0, 0.05) is 0 Å². The fourth-order valence-electron chi connectivity index (χ4n) is 0.826. The first kappa shape index (κ1) is 6.36. The topological polar surface area (TPSA) is 39.2 Å². The van der Waals surface area contributed by atoms with Crippen LogP contribution in [-0.4, -0.2) is 6.54 Å². The molecule has 0 aliphatic rings. The predicted octanol–water partition coefficient (Wildman–Crippen LogP) is 1.09. The van der Waals surface area contributed by atoms with Gasteiger partial charge < -0.3 is 10.2 Å². The summed E-state index contributed by atoms with van der Waals surface area (Å²) in [5.74, 6) is 0.987. The zero-order valence-corrected chi connectivity index (χ0v) is 5.55. The van der Waals surface area contributed by atoms with Gasteiger partial charge in [-0.25, -0.2) is 0 Å². The summed E-state index contributed by atoms with van der Waals surface area (Å²) < 4.78 is 5.06. The van der Waals surface area contributed by atoms with Gasteiger partial charge in [-0.15, -0.1) is 0 Å². The Morgan fingerprint density at radius 2 is 2.44 bits per heavy atom. The summed E-state index contributed by atoms with van der Waals surface area (Å²) in [6, 6.07) is 1.96. The van der Waals surface area contributed by atoms with Crippen LogP contribution in [0.3, 0.4) is 0 Å². The van der Waals surface area contributed by atoms with Gasteiger partial charge in [0.1, 0.15) is 5.76 Å². The molecule has 0 spiro atoms. The third-order valence-corrected chi connectivity index (χ3v) is 1.38. The lowest BCUT2D eigenvalue weighted by molar-refractivity contribution is 0.530. The van der Waals surface area contributed by atoms with Gasteiger partial charge in [0.05, 0.1) is 6.26 Å². The largest absolute Gasteiger partial charge is 0.469 e. The normalized spacial score (nSPS) is 10.0. The van der Waals surface area contributed by atoms with Gasteiger partial charge in [-0.1, -0.05) is 0 Å². The maximum atomic E-state index is 5.35. The lowest BCUT2D eigenvalue weighted by atomic mass is 10.2. The highest BCUT2D eigenvalue weighted by Crippen LogP contribution is 2.07. The number of hydrogen-bond donors (Lipinski definition) is 1. The molecule has 1 rings (SSSR count). The van der Waals surface area contributed by atoms with Crippen LogP contribution < -0.4 is 5.73 Å². The molecule has 1 aromatic rings. The molecule has 50 valence electrons. The Hall–Kier alpha value is -0.760. The number of hydrogen-bond acceptors (Lipinski definition) is 2. The monoisotopic (exact) mass is 125 g/mol.